The number of hydrogen-bond acceptors (Lipinski definition) is 2. The third kappa shape index (κ3) is 1.41. The van der Waals surface area contributed by atoms with E-state index in [1.165, 1.54) is 0 Å². The van der Waals surface area contributed by atoms with Gasteiger partial charge in [-0.25, -0.2) is 0 Å². The van der Waals surface area contributed by atoms with Crippen LogP contribution < -0.4 is 10.5 Å². The van der Waals surface area contributed by atoms with E-state index in [-0.39, 0.29) is 0 Å². The average Bonchev–Trinajstić information content (AvgIpc) is 1.94. The minimum atomic E-state index is 0.573. The van der Waals surface area contributed by atoms with Crippen LogP contribution >= 0.6 is 0 Å². The standard InChI is InChI=1S/C8H10NO/c1-2-10-8-6-4-3-5-7(8)9/h3-4,6H,2,9H2,1H3. The van der Waals surface area contributed by atoms with Crippen LogP contribution in [0.4, 0.5) is 5.69 Å². The zero-order valence-corrected chi connectivity index (χ0v) is 5.92. The van der Waals surface area contributed by atoms with Gasteiger partial charge in [-0.05, 0) is 13.0 Å². The molecule has 2 N–H and O–H groups in total. The lowest BCUT2D eigenvalue weighted by Crippen LogP contribution is -1.95. The topological polar surface area (TPSA) is 35.2 Å². The molecule has 0 aliphatic heterocycles. The smallest absolute Gasteiger partial charge is 0.142 e. The number of ether oxygens (including phenoxy) is 1. The highest BCUT2D eigenvalue weighted by Gasteiger charge is 1.94. The number of hydrogen-bond donors (Lipinski definition) is 1. The van der Waals surface area contributed by atoms with Gasteiger partial charge < -0.3 is 10.5 Å². The molecule has 1 aromatic rings. The Morgan fingerprint density at radius 2 is 2.50 bits per heavy atom. The van der Waals surface area contributed by atoms with Crippen molar-refractivity contribution in [1.29, 1.82) is 0 Å². The van der Waals surface area contributed by atoms with E-state index < -0.39 is 0 Å². The third-order valence-electron chi connectivity index (χ3n) is 1.15. The van der Waals surface area contributed by atoms with Crippen LogP contribution in [-0.2, 0) is 0 Å². The Balaban J connectivity index is 2.81. The Kier molecular flexibility index (Phi) is 2.15. The molecule has 0 unspecified atom stereocenters. The van der Waals surface area contributed by atoms with Gasteiger partial charge in [-0.1, -0.05) is 12.1 Å². The summed E-state index contributed by atoms with van der Waals surface area (Å²) >= 11 is 0. The molecular formula is C8H10NO. The fourth-order valence-electron chi connectivity index (χ4n) is 0.716. The van der Waals surface area contributed by atoms with Gasteiger partial charge >= 0.3 is 0 Å². The summed E-state index contributed by atoms with van der Waals surface area (Å²) in [5.41, 5.74) is 6.10. The van der Waals surface area contributed by atoms with Gasteiger partial charge in [-0.3, -0.25) is 0 Å². The van der Waals surface area contributed by atoms with Crippen molar-refractivity contribution in [3.8, 4) is 5.75 Å². The first-order valence-corrected chi connectivity index (χ1v) is 3.23. The predicted molar refractivity (Wildman–Crippen MR) is 40.9 cm³/mol. The molecular weight excluding hydrogens is 126 g/mol. The Morgan fingerprint density at radius 3 is 3.10 bits per heavy atom. The first kappa shape index (κ1) is 6.93. The van der Waals surface area contributed by atoms with E-state index in [0.717, 1.165) is 0 Å². The van der Waals surface area contributed by atoms with Crippen LogP contribution in [0.15, 0.2) is 18.2 Å². The van der Waals surface area contributed by atoms with Crippen molar-refractivity contribution in [2.24, 2.45) is 0 Å². The maximum Gasteiger partial charge on any atom is 0.142 e. The van der Waals surface area contributed by atoms with E-state index in [4.69, 9.17) is 10.5 Å². The van der Waals surface area contributed by atoms with Crippen molar-refractivity contribution >= 4 is 5.69 Å². The second kappa shape index (κ2) is 3.11. The summed E-state index contributed by atoms with van der Waals surface area (Å²) < 4.78 is 5.18. The normalized spacial score (nSPS) is 9.30. The van der Waals surface area contributed by atoms with E-state index in [9.17, 15) is 0 Å². The first-order valence-electron chi connectivity index (χ1n) is 3.23. The average molecular weight is 136 g/mol. The number of benzene rings is 1. The van der Waals surface area contributed by atoms with Gasteiger partial charge in [0.25, 0.3) is 0 Å². The largest absolute Gasteiger partial charge is 0.492 e. The van der Waals surface area contributed by atoms with Crippen molar-refractivity contribution in [2.45, 2.75) is 6.92 Å². The molecule has 0 saturated heterocycles. The van der Waals surface area contributed by atoms with Crippen molar-refractivity contribution in [2.75, 3.05) is 12.3 Å². The number of nitrogens with two attached hydrogens (primary N) is 1. The van der Waals surface area contributed by atoms with Crippen molar-refractivity contribution in [3.05, 3.63) is 24.3 Å². The molecule has 0 amide bonds. The van der Waals surface area contributed by atoms with Gasteiger partial charge in [-0.2, -0.15) is 0 Å². The van der Waals surface area contributed by atoms with Gasteiger partial charge in [0.2, 0.25) is 0 Å². The van der Waals surface area contributed by atoms with E-state index in [1.807, 2.05) is 19.1 Å². The number of nitrogen functional groups attached to an aromatic ring is 1. The van der Waals surface area contributed by atoms with Gasteiger partial charge in [0.1, 0.15) is 5.75 Å². The van der Waals surface area contributed by atoms with E-state index in [1.54, 1.807) is 6.07 Å². The SMILES string of the molecule is CCOc1ccc[c]c1N. The third-order valence-corrected chi connectivity index (χ3v) is 1.15. The summed E-state index contributed by atoms with van der Waals surface area (Å²) in [7, 11) is 0. The van der Waals surface area contributed by atoms with Gasteiger partial charge in [0.15, 0.2) is 0 Å². The highest BCUT2D eigenvalue weighted by Crippen LogP contribution is 2.18. The van der Waals surface area contributed by atoms with Crippen molar-refractivity contribution < 1.29 is 4.74 Å². The van der Waals surface area contributed by atoms with E-state index in [2.05, 4.69) is 6.07 Å². The lowest BCUT2D eigenvalue weighted by Gasteiger charge is -2.03. The van der Waals surface area contributed by atoms with Gasteiger partial charge in [0, 0.05) is 6.07 Å². The zero-order valence-electron chi connectivity index (χ0n) is 5.92. The van der Waals surface area contributed by atoms with Crippen LogP contribution in [0.25, 0.3) is 0 Å². The molecule has 0 aromatic heterocycles. The summed E-state index contributed by atoms with van der Waals surface area (Å²) in [4.78, 5) is 0. The van der Waals surface area contributed by atoms with Gasteiger partial charge in [-0.15, -0.1) is 0 Å². The molecule has 1 radical (unpaired) electrons. The Morgan fingerprint density at radius 1 is 1.70 bits per heavy atom. The van der Waals surface area contributed by atoms with Crippen LogP contribution in [0.1, 0.15) is 6.92 Å². The molecule has 2 heteroatoms. The Hall–Kier alpha value is -1.18. The fourth-order valence-corrected chi connectivity index (χ4v) is 0.716. The quantitative estimate of drug-likeness (QED) is 0.625. The summed E-state index contributed by atoms with van der Waals surface area (Å²) in [6.07, 6.45) is 0. The minimum absolute atomic E-state index is 0.573. The van der Waals surface area contributed by atoms with Crippen LogP contribution in [0.5, 0.6) is 5.75 Å². The van der Waals surface area contributed by atoms with Crippen LogP contribution in [0.2, 0.25) is 0 Å². The summed E-state index contributed by atoms with van der Waals surface area (Å²) in [5.74, 6) is 0.713. The van der Waals surface area contributed by atoms with Crippen LogP contribution in [-0.4, -0.2) is 6.61 Å². The molecule has 1 aromatic carbocycles. The second-order valence-corrected chi connectivity index (χ2v) is 1.88. The first-order chi connectivity index (χ1) is 4.84. The molecule has 0 aliphatic carbocycles. The van der Waals surface area contributed by atoms with Crippen molar-refractivity contribution in [1.82, 2.24) is 0 Å². The molecule has 0 atom stereocenters. The number of anilines is 1. The lowest BCUT2D eigenvalue weighted by molar-refractivity contribution is 0.342. The monoisotopic (exact) mass is 136 g/mol. The van der Waals surface area contributed by atoms with E-state index >= 15 is 0 Å². The molecule has 10 heavy (non-hydrogen) atoms. The molecule has 53 valence electrons. The molecule has 0 fully saturated rings. The number of para-hydroxylation sites is 1. The van der Waals surface area contributed by atoms with Crippen molar-refractivity contribution in [3.63, 3.8) is 0 Å². The highest BCUT2D eigenvalue weighted by atomic mass is 16.5. The van der Waals surface area contributed by atoms with E-state index in [0.29, 0.717) is 18.0 Å². The maximum absolute atomic E-state index is 5.53. The minimum Gasteiger partial charge on any atom is -0.492 e. The zero-order chi connectivity index (χ0) is 7.40. The summed E-state index contributed by atoms with van der Waals surface area (Å²) in [6, 6.07) is 8.28. The summed E-state index contributed by atoms with van der Waals surface area (Å²) in [5, 5.41) is 0. The Bertz CT molecular complexity index is 210. The predicted octanol–water partition coefficient (Wildman–Crippen LogP) is 1.47. The molecule has 1 rings (SSSR count). The van der Waals surface area contributed by atoms with Crippen LogP contribution in [0, 0.1) is 6.07 Å². The molecule has 0 aliphatic rings. The molecule has 2 nitrogen and oxygen atoms in total. The molecule has 0 bridgehead atoms. The molecule has 0 heterocycles. The Labute approximate surface area is 60.6 Å². The lowest BCUT2D eigenvalue weighted by atomic mass is 10.3. The second-order valence-electron chi connectivity index (χ2n) is 1.88. The summed E-state index contributed by atoms with van der Waals surface area (Å²) in [6.45, 7) is 2.56. The molecule has 0 spiro atoms. The van der Waals surface area contributed by atoms with Crippen LogP contribution in [0.3, 0.4) is 0 Å². The number of rotatable bonds is 2. The van der Waals surface area contributed by atoms with Gasteiger partial charge in [0.05, 0.1) is 12.3 Å². The highest BCUT2D eigenvalue weighted by molar-refractivity contribution is 5.50. The molecule has 0 saturated carbocycles. The fraction of sp³-hybridized carbons (Fsp3) is 0.250. The maximum atomic E-state index is 5.53.